The SMILES string of the molecule is Cc1ccc(Br)c(Nc2nc(Br)cs2)c1. The third kappa shape index (κ3) is 2.80. The first-order chi connectivity index (χ1) is 7.15. The van der Waals surface area contributed by atoms with Crippen molar-refractivity contribution in [1.29, 1.82) is 0 Å². The minimum absolute atomic E-state index is 0.860. The highest BCUT2D eigenvalue weighted by molar-refractivity contribution is 9.10. The lowest BCUT2D eigenvalue weighted by atomic mass is 10.2. The third-order valence-corrected chi connectivity index (χ3v) is 4.00. The normalized spacial score (nSPS) is 10.3. The highest BCUT2D eigenvalue weighted by Gasteiger charge is 2.03. The van der Waals surface area contributed by atoms with E-state index in [4.69, 9.17) is 0 Å². The number of hydrogen-bond acceptors (Lipinski definition) is 3. The van der Waals surface area contributed by atoms with Gasteiger partial charge in [0.15, 0.2) is 5.13 Å². The Bertz CT molecular complexity index is 482. The molecule has 1 N–H and O–H groups in total. The van der Waals surface area contributed by atoms with Gasteiger partial charge in [-0.1, -0.05) is 6.07 Å². The van der Waals surface area contributed by atoms with E-state index in [2.05, 4.69) is 61.2 Å². The smallest absolute Gasteiger partial charge is 0.188 e. The predicted molar refractivity (Wildman–Crippen MR) is 72.0 cm³/mol. The van der Waals surface area contributed by atoms with Crippen LogP contribution >= 0.6 is 43.2 Å². The number of aromatic nitrogens is 1. The summed E-state index contributed by atoms with van der Waals surface area (Å²) in [5.41, 5.74) is 2.26. The fraction of sp³-hybridized carbons (Fsp3) is 0.100. The molecule has 0 fully saturated rings. The molecule has 0 amide bonds. The zero-order valence-corrected chi connectivity index (χ0v) is 11.9. The molecule has 0 saturated carbocycles. The van der Waals surface area contributed by atoms with Crippen molar-refractivity contribution in [2.75, 3.05) is 5.32 Å². The Morgan fingerprint density at radius 1 is 1.33 bits per heavy atom. The second-order valence-electron chi connectivity index (χ2n) is 3.08. The topological polar surface area (TPSA) is 24.9 Å². The van der Waals surface area contributed by atoms with Crippen LogP contribution in [0.15, 0.2) is 32.7 Å². The molecule has 0 atom stereocenters. The van der Waals surface area contributed by atoms with Gasteiger partial charge in [-0.3, -0.25) is 0 Å². The van der Waals surface area contributed by atoms with Crippen LogP contribution in [0, 0.1) is 6.92 Å². The number of halogens is 2. The molecule has 0 aliphatic carbocycles. The summed E-state index contributed by atoms with van der Waals surface area (Å²) in [5.74, 6) is 0. The second kappa shape index (κ2) is 4.63. The molecule has 1 aromatic heterocycles. The fourth-order valence-corrected chi connectivity index (χ4v) is 2.66. The van der Waals surface area contributed by atoms with Crippen molar-refractivity contribution < 1.29 is 0 Å². The zero-order chi connectivity index (χ0) is 10.8. The molecule has 2 rings (SSSR count). The molecule has 0 aliphatic heterocycles. The number of thiazole rings is 1. The molecule has 78 valence electrons. The summed E-state index contributed by atoms with van der Waals surface area (Å²) in [5, 5.41) is 6.10. The molecule has 0 aliphatic rings. The molecular weight excluding hydrogens is 340 g/mol. The van der Waals surface area contributed by atoms with Crippen molar-refractivity contribution in [2.24, 2.45) is 0 Å². The van der Waals surface area contributed by atoms with Gasteiger partial charge in [-0.05, 0) is 56.5 Å². The Kier molecular flexibility index (Phi) is 3.43. The highest BCUT2D eigenvalue weighted by Crippen LogP contribution is 2.29. The second-order valence-corrected chi connectivity index (χ2v) is 5.61. The van der Waals surface area contributed by atoms with E-state index in [0.29, 0.717) is 0 Å². The summed E-state index contributed by atoms with van der Waals surface area (Å²) >= 11 is 8.39. The van der Waals surface area contributed by atoms with Gasteiger partial charge in [0, 0.05) is 9.85 Å². The molecule has 15 heavy (non-hydrogen) atoms. The first kappa shape index (κ1) is 11.1. The molecule has 0 bridgehead atoms. The van der Waals surface area contributed by atoms with Crippen LogP contribution in [0.4, 0.5) is 10.8 Å². The van der Waals surface area contributed by atoms with Crippen LogP contribution in [-0.2, 0) is 0 Å². The van der Waals surface area contributed by atoms with Crippen LogP contribution in [-0.4, -0.2) is 4.98 Å². The van der Waals surface area contributed by atoms with Crippen molar-refractivity contribution >= 4 is 54.0 Å². The van der Waals surface area contributed by atoms with E-state index >= 15 is 0 Å². The Labute approximate surface area is 109 Å². The summed E-state index contributed by atoms with van der Waals surface area (Å²) in [7, 11) is 0. The number of hydrogen-bond donors (Lipinski definition) is 1. The van der Waals surface area contributed by atoms with Gasteiger partial charge in [0.25, 0.3) is 0 Å². The third-order valence-electron chi connectivity index (χ3n) is 1.84. The van der Waals surface area contributed by atoms with Crippen molar-refractivity contribution in [3.63, 3.8) is 0 Å². The van der Waals surface area contributed by atoms with E-state index in [1.54, 1.807) is 11.3 Å². The standard InChI is InChI=1S/C10H8Br2N2S/c1-6-2-3-7(11)8(4-6)13-10-14-9(12)5-15-10/h2-5H,1H3,(H,13,14). The van der Waals surface area contributed by atoms with Gasteiger partial charge in [0.2, 0.25) is 0 Å². The fourth-order valence-electron chi connectivity index (χ4n) is 1.16. The van der Waals surface area contributed by atoms with Crippen LogP contribution in [0.5, 0.6) is 0 Å². The summed E-state index contributed by atoms with van der Waals surface area (Å²) < 4.78 is 1.90. The molecule has 0 unspecified atom stereocenters. The summed E-state index contributed by atoms with van der Waals surface area (Å²) in [6.45, 7) is 2.06. The van der Waals surface area contributed by atoms with Gasteiger partial charge in [-0.15, -0.1) is 11.3 Å². The van der Waals surface area contributed by atoms with Gasteiger partial charge in [0.1, 0.15) is 4.60 Å². The Hall–Kier alpha value is -0.390. The van der Waals surface area contributed by atoms with E-state index in [0.717, 1.165) is 19.9 Å². The first-order valence-electron chi connectivity index (χ1n) is 4.29. The number of aryl methyl sites for hydroxylation is 1. The predicted octanol–water partition coefficient (Wildman–Crippen LogP) is 4.72. The minimum atomic E-state index is 0.860. The molecule has 0 spiro atoms. The van der Waals surface area contributed by atoms with Crippen molar-refractivity contribution in [3.8, 4) is 0 Å². The van der Waals surface area contributed by atoms with Crippen LogP contribution in [0.1, 0.15) is 5.56 Å². The number of nitrogens with zero attached hydrogens (tertiary/aromatic N) is 1. The lowest BCUT2D eigenvalue weighted by Crippen LogP contribution is -1.91. The highest BCUT2D eigenvalue weighted by atomic mass is 79.9. The van der Waals surface area contributed by atoms with Gasteiger partial charge in [-0.2, -0.15) is 0 Å². The summed E-state index contributed by atoms with van der Waals surface area (Å²) in [4.78, 5) is 4.28. The van der Waals surface area contributed by atoms with E-state index in [-0.39, 0.29) is 0 Å². The molecular formula is C10H8Br2N2S. The van der Waals surface area contributed by atoms with Gasteiger partial charge >= 0.3 is 0 Å². The molecule has 0 radical (unpaired) electrons. The molecule has 0 saturated heterocycles. The van der Waals surface area contributed by atoms with Crippen LogP contribution in [0.3, 0.4) is 0 Å². The maximum atomic E-state index is 4.28. The first-order valence-corrected chi connectivity index (χ1v) is 6.76. The zero-order valence-electron chi connectivity index (χ0n) is 7.92. The lowest BCUT2D eigenvalue weighted by Gasteiger charge is -2.06. The number of anilines is 2. The van der Waals surface area contributed by atoms with Gasteiger partial charge in [0.05, 0.1) is 5.69 Å². The van der Waals surface area contributed by atoms with Crippen molar-refractivity contribution in [1.82, 2.24) is 4.98 Å². The van der Waals surface area contributed by atoms with Crippen molar-refractivity contribution in [2.45, 2.75) is 6.92 Å². The quantitative estimate of drug-likeness (QED) is 0.850. The molecule has 5 heteroatoms. The minimum Gasteiger partial charge on any atom is -0.331 e. The summed E-state index contributed by atoms with van der Waals surface area (Å²) in [6, 6.07) is 6.17. The Morgan fingerprint density at radius 2 is 2.13 bits per heavy atom. The Morgan fingerprint density at radius 3 is 2.80 bits per heavy atom. The van der Waals surface area contributed by atoms with Crippen LogP contribution < -0.4 is 5.32 Å². The van der Waals surface area contributed by atoms with Crippen molar-refractivity contribution in [3.05, 3.63) is 38.2 Å². The van der Waals surface area contributed by atoms with E-state index in [1.165, 1.54) is 5.56 Å². The van der Waals surface area contributed by atoms with E-state index in [1.807, 2.05) is 11.4 Å². The molecule has 1 aromatic carbocycles. The monoisotopic (exact) mass is 346 g/mol. The van der Waals surface area contributed by atoms with Crippen LogP contribution in [0.25, 0.3) is 0 Å². The van der Waals surface area contributed by atoms with Gasteiger partial charge in [-0.25, -0.2) is 4.98 Å². The summed E-state index contributed by atoms with van der Waals surface area (Å²) in [6.07, 6.45) is 0. The largest absolute Gasteiger partial charge is 0.331 e. The molecule has 1 heterocycles. The average Bonchev–Trinajstić information content (AvgIpc) is 2.58. The maximum absolute atomic E-state index is 4.28. The average molecular weight is 348 g/mol. The van der Waals surface area contributed by atoms with Gasteiger partial charge < -0.3 is 5.32 Å². The van der Waals surface area contributed by atoms with E-state index < -0.39 is 0 Å². The number of nitrogens with one attached hydrogen (secondary N) is 1. The van der Waals surface area contributed by atoms with E-state index in [9.17, 15) is 0 Å². The van der Waals surface area contributed by atoms with Crippen LogP contribution in [0.2, 0.25) is 0 Å². The Balaban J connectivity index is 2.27. The molecule has 2 nitrogen and oxygen atoms in total. The molecule has 2 aromatic rings. The number of benzene rings is 1. The lowest BCUT2D eigenvalue weighted by molar-refractivity contribution is 1.33. The maximum Gasteiger partial charge on any atom is 0.188 e. The number of rotatable bonds is 2.